The van der Waals surface area contributed by atoms with E-state index in [-0.39, 0.29) is 21.7 Å². The molecule has 17 aromatic rings. The number of allylic oxidation sites excluding steroid dienone is 10. The van der Waals surface area contributed by atoms with E-state index in [9.17, 15) is 0 Å². The van der Waals surface area contributed by atoms with E-state index in [0.29, 0.717) is 6.42 Å². The van der Waals surface area contributed by atoms with E-state index in [4.69, 9.17) is 29.9 Å². The Morgan fingerprint density at radius 2 is 0.489 bits per heavy atom. The lowest BCUT2D eigenvalue weighted by Crippen LogP contribution is -2.13. The van der Waals surface area contributed by atoms with Crippen molar-refractivity contribution < 1.29 is 0 Å². The van der Waals surface area contributed by atoms with E-state index in [1.54, 1.807) is 31.6 Å². The van der Waals surface area contributed by atoms with Gasteiger partial charge in [0.25, 0.3) is 0 Å². The molecule has 10 nitrogen and oxygen atoms in total. The van der Waals surface area contributed by atoms with Crippen LogP contribution in [-0.4, -0.2) is 49.8 Å². The molecule has 0 spiro atoms. The van der Waals surface area contributed by atoms with Crippen LogP contribution in [0.4, 0.5) is 0 Å². The van der Waals surface area contributed by atoms with Gasteiger partial charge in [0.05, 0.1) is 34.2 Å². The Labute approximate surface area is 783 Å². The fourth-order valence-corrected chi connectivity index (χ4v) is 17.8. The number of benzene rings is 12. The number of hydrogen-bond acceptors (Lipinski definition) is 10. The van der Waals surface area contributed by atoms with E-state index in [1.807, 2.05) is 0 Å². The lowest BCUT2D eigenvalue weighted by molar-refractivity contribution is 0.567. The summed E-state index contributed by atoms with van der Waals surface area (Å²) < 4.78 is 0. The Morgan fingerprint density at radius 3 is 0.797 bits per heavy atom. The first-order chi connectivity index (χ1) is 64.3. The maximum Gasteiger partial charge on any atom is 0.116 e. The second-order valence-electron chi connectivity index (χ2n) is 38.6. The van der Waals surface area contributed by atoms with E-state index >= 15 is 0 Å². The SMILES string of the molecule is CC/C=C\C(=C(/CC)c1ccc(-c2cc(C(C)(C)C)ncn2)cc1)c1cc(-c2ccccc2C2=CCC=C(c3cc(-c4ccc(-c5ccccc5-c5cc(-c6ccccc6-c6ccc(-c7cc(C(C)(C)C)ncn7)cc6)cc(-c6ccccc6-c6ccc(-c7cc(C(C)(C)C)ncn7)cc6)c5)cc4)ncn3)C=C2)cc(-c2ccccc2-c2ccc(-c3cc(C(C)(C)C)ncn3)cc2)c1. The van der Waals surface area contributed by atoms with Crippen LogP contribution in [0.2, 0.25) is 0 Å². The molecule has 0 unspecified atom stereocenters. The van der Waals surface area contributed by atoms with Crippen LogP contribution in [0.5, 0.6) is 0 Å². The predicted molar refractivity (Wildman–Crippen MR) is 554 cm³/mol. The largest absolute Gasteiger partial charge is 0.241 e. The molecule has 0 radical (unpaired) electrons. The van der Waals surface area contributed by atoms with Gasteiger partial charge in [0.15, 0.2) is 0 Å². The Morgan fingerprint density at radius 1 is 0.241 bits per heavy atom. The minimum Gasteiger partial charge on any atom is -0.241 e. The first kappa shape index (κ1) is 88.4. The van der Waals surface area contributed by atoms with Gasteiger partial charge < -0.3 is 0 Å². The van der Waals surface area contributed by atoms with Crippen molar-refractivity contribution in [3.05, 3.63) is 423 Å². The van der Waals surface area contributed by atoms with Crippen LogP contribution in [0.1, 0.15) is 161 Å². The van der Waals surface area contributed by atoms with Gasteiger partial charge in [-0.05, 0) is 225 Å². The highest BCUT2D eigenvalue weighted by Crippen LogP contribution is 2.47. The van der Waals surface area contributed by atoms with Crippen molar-refractivity contribution in [1.82, 2.24) is 49.8 Å². The minimum absolute atomic E-state index is 0.114. The van der Waals surface area contributed by atoms with E-state index in [1.165, 1.54) is 11.1 Å². The number of rotatable bonds is 21. The van der Waals surface area contributed by atoms with Crippen LogP contribution in [0.3, 0.4) is 0 Å². The summed E-state index contributed by atoms with van der Waals surface area (Å²) in [6.45, 7) is 30.7. The molecule has 12 aromatic carbocycles. The third-order valence-corrected chi connectivity index (χ3v) is 25.2. The fraction of sp³-hybridized carbons (Fsp3) is 0.171. The first-order valence-corrected chi connectivity index (χ1v) is 46.3. The molecule has 1 aliphatic rings. The third-order valence-electron chi connectivity index (χ3n) is 25.2. The summed E-state index contributed by atoms with van der Waals surface area (Å²) in [5, 5.41) is 0. The molecule has 5 aromatic heterocycles. The molecule has 0 saturated heterocycles. The molecular weight excluding hydrogens is 1620 g/mol. The molecule has 18 rings (SSSR count). The molecule has 0 saturated carbocycles. The standard InChI is InChI=1S/C123H110N10/c1-15-17-31-104(98(16-2)81-43-54-88(55-44-81)112-71-116(120(3,4)5)130-76-126-112)92-64-93(66-94(65-92)106-38-24-19-34-101(106)83-47-58-89(59-48-83)113-72-117(121(6,7)8)131-77-127-113)105-37-23-18-32-99(105)80-29-28-30-86(53-42-80)110-70-111(125-75-124-110)87-56-45-82(46-57-87)100-33-20-25-39-107(100)95-67-96(108-40-26-21-35-102(108)84-49-60-90(61-50-84)114-73-118(122(9,10)11)132-78-128-114)69-97(68-95)109-41-27-22-36-103(109)85-51-62-91(63-52-85)115-74-119(123(12,13)14)133-79-129-115/h17-27,29-79H,15-16,28H2,1-14H3/b31-17-,104-98-. The molecule has 0 fully saturated rings. The molecule has 10 heteroatoms. The number of nitrogens with zero attached hydrogens (tertiary/aromatic N) is 10. The van der Waals surface area contributed by atoms with Gasteiger partial charge >= 0.3 is 0 Å². The van der Waals surface area contributed by atoms with Crippen molar-refractivity contribution >= 4 is 22.3 Å². The van der Waals surface area contributed by atoms with Gasteiger partial charge in [0, 0.05) is 72.3 Å². The summed E-state index contributed by atoms with van der Waals surface area (Å²) in [6.07, 6.45) is 24.6. The molecule has 0 bridgehead atoms. The normalized spacial score (nSPS) is 12.8. The maximum absolute atomic E-state index is 4.99. The van der Waals surface area contributed by atoms with Gasteiger partial charge in [0.2, 0.25) is 0 Å². The summed E-state index contributed by atoms with van der Waals surface area (Å²) in [7, 11) is 0. The molecule has 0 atom stereocenters. The van der Waals surface area contributed by atoms with Crippen molar-refractivity contribution in [3.8, 4) is 156 Å². The lowest BCUT2D eigenvalue weighted by Gasteiger charge is -2.19. The fourth-order valence-electron chi connectivity index (χ4n) is 17.8. The van der Waals surface area contributed by atoms with E-state index < -0.39 is 0 Å². The predicted octanol–water partition coefficient (Wildman–Crippen LogP) is 31.9. The lowest BCUT2D eigenvalue weighted by atomic mass is 9.85. The zero-order valence-corrected chi connectivity index (χ0v) is 78.4. The van der Waals surface area contributed by atoms with Crippen LogP contribution in [-0.2, 0) is 21.7 Å². The summed E-state index contributed by atoms with van der Waals surface area (Å²) in [6, 6.07) is 113. The van der Waals surface area contributed by atoms with E-state index in [2.05, 4.69) is 463 Å². The molecule has 1 aliphatic carbocycles. The molecule has 0 aliphatic heterocycles. The average molecular weight is 1730 g/mol. The Balaban J connectivity index is 0.669. The highest BCUT2D eigenvalue weighted by atomic mass is 14.9. The Hall–Kier alpha value is -15.3. The smallest absolute Gasteiger partial charge is 0.116 e. The number of hydrogen-bond donors (Lipinski definition) is 0. The van der Waals surface area contributed by atoms with Crippen LogP contribution in [0.25, 0.3) is 179 Å². The zero-order chi connectivity index (χ0) is 92.1. The highest BCUT2D eigenvalue weighted by molar-refractivity contribution is 6.01. The van der Waals surface area contributed by atoms with Crippen LogP contribution >= 0.6 is 0 Å². The van der Waals surface area contributed by atoms with Crippen molar-refractivity contribution in [1.29, 1.82) is 0 Å². The second-order valence-corrected chi connectivity index (χ2v) is 38.6. The third kappa shape index (κ3) is 19.5. The maximum atomic E-state index is 4.99. The van der Waals surface area contributed by atoms with Gasteiger partial charge in [-0.25, -0.2) is 49.8 Å². The van der Waals surface area contributed by atoms with Gasteiger partial charge in [0.1, 0.15) is 31.6 Å². The topological polar surface area (TPSA) is 129 Å². The Kier molecular flexibility index (Phi) is 25.0. The summed E-state index contributed by atoms with van der Waals surface area (Å²) >= 11 is 0. The van der Waals surface area contributed by atoms with Gasteiger partial charge in [-0.1, -0.05) is 376 Å². The minimum atomic E-state index is -0.115. The summed E-state index contributed by atoms with van der Waals surface area (Å²) in [4.78, 5) is 47.5. The quantitative estimate of drug-likeness (QED) is 0.0506. The van der Waals surface area contributed by atoms with Gasteiger partial charge in [-0.2, -0.15) is 0 Å². The van der Waals surface area contributed by atoms with Crippen LogP contribution < -0.4 is 0 Å². The first-order valence-electron chi connectivity index (χ1n) is 46.3. The van der Waals surface area contributed by atoms with Gasteiger partial charge in [-0.3, -0.25) is 0 Å². The van der Waals surface area contributed by atoms with Crippen molar-refractivity contribution in [2.24, 2.45) is 0 Å². The van der Waals surface area contributed by atoms with Crippen LogP contribution in [0.15, 0.2) is 377 Å². The van der Waals surface area contributed by atoms with E-state index in [0.717, 1.165) is 226 Å². The van der Waals surface area contributed by atoms with Crippen molar-refractivity contribution in [2.45, 2.75) is 138 Å². The average Bonchev–Trinajstić information content (AvgIpc) is 1.16. The van der Waals surface area contributed by atoms with Crippen molar-refractivity contribution in [3.63, 3.8) is 0 Å². The van der Waals surface area contributed by atoms with Gasteiger partial charge in [-0.15, -0.1) is 0 Å². The van der Waals surface area contributed by atoms with Crippen LogP contribution in [0, 0.1) is 0 Å². The Bertz CT molecular complexity index is 7180. The molecule has 0 N–H and O–H groups in total. The second kappa shape index (κ2) is 37.7. The summed E-state index contributed by atoms with van der Waals surface area (Å²) in [5.74, 6) is 0. The zero-order valence-electron chi connectivity index (χ0n) is 78.4. The monoisotopic (exact) mass is 1730 g/mol. The molecular formula is C123H110N10. The molecule has 652 valence electrons. The molecule has 133 heavy (non-hydrogen) atoms. The summed E-state index contributed by atoms with van der Waals surface area (Å²) in [5.41, 5.74) is 42.1. The van der Waals surface area contributed by atoms with Crippen molar-refractivity contribution in [2.75, 3.05) is 0 Å². The molecule has 0 amide bonds. The number of aromatic nitrogens is 10. The molecule has 5 heterocycles. The highest BCUT2D eigenvalue weighted by Gasteiger charge is 2.26.